The van der Waals surface area contributed by atoms with Crippen LogP contribution in [0.5, 0.6) is 5.75 Å². The molecule has 6 nitrogen and oxygen atoms in total. The monoisotopic (exact) mass is 399 g/mol. The summed E-state index contributed by atoms with van der Waals surface area (Å²) in [5.74, 6) is 0.750. The van der Waals surface area contributed by atoms with Crippen molar-refractivity contribution in [1.82, 2.24) is 9.55 Å². The molecule has 1 N–H and O–H groups in total. The molecular formula is C14H14IN3O3. The van der Waals surface area contributed by atoms with Crippen molar-refractivity contribution < 1.29 is 9.53 Å². The van der Waals surface area contributed by atoms with Crippen LogP contribution in [0, 0.1) is 10.5 Å². The third-order valence-corrected chi connectivity index (χ3v) is 3.63. The van der Waals surface area contributed by atoms with E-state index >= 15 is 0 Å². The molecule has 1 heterocycles. The van der Waals surface area contributed by atoms with Gasteiger partial charge in [-0.3, -0.25) is 14.2 Å². The summed E-state index contributed by atoms with van der Waals surface area (Å²) >= 11 is 1.90. The standard InChI is InChI=1S/C14H14IN3O3/c1-9-16-7-10(15)14(20)18(9)8-13(19)17-11-5-3-4-6-12(11)21-2/h3-7H,8H2,1-2H3,(H,17,19). The molecule has 0 saturated heterocycles. The van der Waals surface area contributed by atoms with Crippen LogP contribution < -0.4 is 15.6 Å². The normalized spacial score (nSPS) is 10.2. The fourth-order valence-electron chi connectivity index (χ4n) is 1.82. The highest BCUT2D eigenvalue weighted by atomic mass is 127. The first-order valence-corrected chi connectivity index (χ1v) is 7.25. The Labute approximate surface area is 135 Å². The SMILES string of the molecule is COc1ccccc1NC(=O)Cn1c(C)ncc(I)c1=O. The largest absolute Gasteiger partial charge is 0.495 e. The van der Waals surface area contributed by atoms with Crippen molar-refractivity contribution >= 4 is 34.2 Å². The first kappa shape index (κ1) is 15.5. The van der Waals surface area contributed by atoms with Crippen molar-refractivity contribution in [2.75, 3.05) is 12.4 Å². The number of carbonyl (C=O) groups is 1. The van der Waals surface area contributed by atoms with Crippen molar-refractivity contribution in [3.05, 3.63) is 50.2 Å². The highest BCUT2D eigenvalue weighted by Crippen LogP contribution is 2.22. The number of rotatable bonds is 4. The van der Waals surface area contributed by atoms with E-state index in [1.807, 2.05) is 28.7 Å². The Balaban J connectivity index is 2.20. The zero-order valence-corrected chi connectivity index (χ0v) is 13.7. The molecule has 0 atom stereocenters. The fourth-order valence-corrected chi connectivity index (χ4v) is 2.25. The van der Waals surface area contributed by atoms with Crippen LogP contribution >= 0.6 is 22.6 Å². The predicted molar refractivity (Wildman–Crippen MR) is 87.6 cm³/mol. The highest BCUT2D eigenvalue weighted by molar-refractivity contribution is 14.1. The van der Waals surface area contributed by atoms with Crippen molar-refractivity contribution in [3.63, 3.8) is 0 Å². The molecule has 1 aromatic heterocycles. The van der Waals surface area contributed by atoms with Gasteiger partial charge in [0, 0.05) is 6.20 Å². The maximum absolute atomic E-state index is 12.1. The lowest BCUT2D eigenvalue weighted by Gasteiger charge is -2.12. The van der Waals surface area contributed by atoms with Crippen LogP contribution in [0.3, 0.4) is 0 Å². The van der Waals surface area contributed by atoms with Gasteiger partial charge in [0.05, 0.1) is 16.4 Å². The number of halogens is 1. The van der Waals surface area contributed by atoms with Gasteiger partial charge in [-0.05, 0) is 41.6 Å². The number of nitrogens with zero attached hydrogens (tertiary/aromatic N) is 2. The average Bonchev–Trinajstić information content (AvgIpc) is 2.48. The molecule has 0 fully saturated rings. The number of hydrogen-bond acceptors (Lipinski definition) is 4. The topological polar surface area (TPSA) is 73.2 Å². The first-order valence-electron chi connectivity index (χ1n) is 6.17. The minimum absolute atomic E-state index is 0.0907. The number of aryl methyl sites for hydroxylation is 1. The van der Waals surface area contributed by atoms with Crippen molar-refractivity contribution in [2.45, 2.75) is 13.5 Å². The van der Waals surface area contributed by atoms with Gasteiger partial charge in [-0.2, -0.15) is 0 Å². The molecule has 0 saturated carbocycles. The van der Waals surface area contributed by atoms with Crippen LogP contribution in [0.2, 0.25) is 0 Å². The smallest absolute Gasteiger partial charge is 0.267 e. The number of benzene rings is 1. The van der Waals surface area contributed by atoms with E-state index in [1.165, 1.54) is 17.9 Å². The van der Waals surface area contributed by atoms with Crippen LogP contribution in [0.1, 0.15) is 5.82 Å². The number of methoxy groups -OCH3 is 1. The van der Waals surface area contributed by atoms with E-state index in [4.69, 9.17) is 4.74 Å². The van der Waals surface area contributed by atoms with E-state index in [9.17, 15) is 9.59 Å². The number of hydrogen-bond donors (Lipinski definition) is 1. The van der Waals surface area contributed by atoms with E-state index < -0.39 is 0 Å². The molecule has 2 aromatic rings. The quantitative estimate of drug-likeness (QED) is 0.797. The lowest BCUT2D eigenvalue weighted by molar-refractivity contribution is -0.116. The Morgan fingerprint density at radius 1 is 1.43 bits per heavy atom. The second kappa shape index (κ2) is 6.70. The Morgan fingerprint density at radius 2 is 2.14 bits per heavy atom. The molecule has 0 spiro atoms. The average molecular weight is 399 g/mol. The predicted octanol–water partition coefficient (Wildman–Crippen LogP) is 1.80. The van der Waals surface area contributed by atoms with Gasteiger partial charge >= 0.3 is 0 Å². The van der Waals surface area contributed by atoms with Gasteiger partial charge < -0.3 is 10.1 Å². The fraction of sp³-hybridized carbons (Fsp3) is 0.214. The Bertz CT molecular complexity index is 728. The number of para-hydroxylation sites is 2. The Morgan fingerprint density at radius 3 is 2.86 bits per heavy atom. The second-order valence-electron chi connectivity index (χ2n) is 4.29. The van der Waals surface area contributed by atoms with Crippen molar-refractivity contribution in [3.8, 4) is 5.75 Å². The number of ether oxygens (including phenoxy) is 1. The molecular weight excluding hydrogens is 385 g/mol. The molecule has 0 aliphatic rings. The molecule has 110 valence electrons. The van der Waals surface area contributed by atoms with Crippen molar-refractivity contribution in [1.29, 1.82) is 0 Å². The van der Waals surface area contributed by atoms with E-state index in [-0.39, 0.29) is 18.0 Å². The summed E-state index contributed by atoms with van der Waals surface area (Å²) in [6, 6.07) is 7.09. The minimum Gasteiger partial charge on any atom is -0.495 e. The van der Waals surface area contributed by atoms with Gasteiger partial charge in [0.15, 0.2) is 0 Å². The molecule has 0 aliphatic carbocycles. The van der Waals surface area contributed by atoms with Crippen LogP contribution in [0.4, 0.5) is 5.69 Å². The zero-order valence-electron chi connectivity index (χ0n) is 11.6. The molecule has 0 bridgehead atoms. The van der Waals surface area contributed by atoms with Crippen LogP contribution in [-0.4, -0.2) is 22.6 Å². The number of nitrogens with one attached hydrogen (secondary N) is 1. The van der Waals surface area contributed by atoms with E-state index in [0.717, 1.165) is 0 Å². The zero-order chi connectivity index (χ0) is 15.4. The molecule has 0 radical (unpaired) electrons. The second-order valence-corrected chi connectivity index (χ2v) is 5.46. The minimum atomic E-state index is -0.312. The molecule has 0 unspecified atom stereocenters. The van der Waals surface area contributed by atoms with Gasteiger partial charge in [0.2, 0.25) is 5.91 Å². The summed E-state index contributed by atoms with van der Waals surface area (Å²) in [4.78, 5) is 28.2. The molecule has 0 aliphatic heterocycles. The van der Waals surface area contributed by atoms with Gasteiger partial charge in [0.1, 0.15) is 18.1 Å². The third kappa shape index (κ3) is 3.60. The first-order chi connectivity index (χ1) is 10.0. The lowest BCUT2D eigenvalue weighted by atomic mass is 10.3. The van der Waals surface area contributed by atoms with E-state index in [2.05, 4.69) is 10.3 Å². The van der Waals surface area contributed by atoms with Gasteiger partial charge in [-0.1, -0.05) is 12.1 Å². The van der Waals surface area contributed by atoms with Gasteiger partial charge in [-0.15, -0.1) is 0 Å². The van der Waals surface area contributed by atoms with Crippen LogP contribution in [-0.2, 0) is 11.3 Å². The summed E-state index contributed by atoms with van der Waals surface area (Å²) in [5, 5.41) is 2.73. The van der Waals surface area contributed by atoms with Gasteiger partial charge in [0.25, 0.3) is 5.56 Å². The summed E-state index contributed by atoms with van der Waals surface area (Å²) in [5.41, 5.74) is 0.340. The summed E-state index contributed by atoms with van der Waals surface area (Å²) in [7, 11) is 1.53. The van der Waals surface area contributed by atoms with Crippen LogP contribution in [0.15, 0.2) is 35.3 Å². The molecule has 7 heteroatoms. The van der Waals surface area contributed by atoms with Crippen molar-refractivity contribution in [2.24, 2.45) is 0 Å². The highest BCUT2D eigenvalue weighted by Gasteiger charge is 2.11. The van der Waals surface area contributed by atoms with Gasteiger partial charge in [-0.25, -0.2) is 4.98 Å². The molecule has 21 heavy (non-hydrogen) atoms. The molecule has 1 amide bonds. The third-order valence-electron chi connectivity index (χ3n) is 2.89. The molecule has 1 aromatic carbocycles. The van der Waals surface area contributed by atoms with Crippen LogP contribution in [0.25, 0.3) is 0 Å². The van der Waals surface area contributed by atoms with E-state index in [0.29, 0.717) is 20.8 Å². The lowest BCUT2D eigenvalue weighted by Crippen LogP contribution is -2.31. The maximum atomic E-state index is 12.1. The summed E-state index contributed by atoms with van der Waals surface area (Å²) in [6.45, 7) is 1.60. The summed E-state index contributed by atoms with van der Waals surface area (Å²) in [6.07, 6.45) is 1.49. The molecule has 2 rings (SSSR count). The number of aromatic nitrogens is 2. The maximum Gasteiger partial charge on any atom is 0.267 e. The number of anilines is 1. The Hall–Kier alpha value is -1.90. The number of carbonyl (C=O) groups excluding carboxylic acids is 1. The van der Waals surface area contributed by atoms with E-state index in [1.54, 1.807) is 25.1 Å². The Kier molecular flexibility index (Phi) is 4.94. The summed E-state index contributed by atoms with van der Waals surface area (Å²) < 4.78 is 6.98. The number of amides is 1.